The molecule has 2 heterocycles. The van der Waals surface area contributed by atoms with Crippen LogP contribution in [0.3, 0.4) is 0 Å². The highest BCUT2D eigenvalue weighted by molar-refractivity contribution is 7.09. The normalized spacial score (nSPS) is 13.7. The van der Waals surface area contributed by atoms with Gasteiger partial charge in [0.1, 0.15) is 5.01 Å². The number of imidazole rings is 1. The molecule has 0 fully saturated rings. The number of halogens is 3. The van der Waals surface area contributed by atoms with Crippen LogP contribution in [-0.2, 0) is 23.5 Å². The van der Waals surface area contributed by atoms with Crippen molar-refractivity contribution in [2.45, 2.75) is 38.2 Å². The third-order valence-electron chi connectivity index (χ3n) is 5.25. The van der Waals surface area contributed by atoms with Crippen LogP contribution in [0.2, 0.25) is 0 Å². The molecule has 0 aliphatic carbocycles. The molecule has 2 aromatic heterocycles. The quantitative estimate of drug-likeness (QED) is 0.419. The van der Waals surface area contributed by atoms with Crippen LogP contribution in [-0.4, -0.2) is 31.7 Å². The first-order chi connectivity index (χ1) is 15.7. The lowest BCUT2D eigenvalue weighted by Gasteiger charge is -2.27. The fraction of sp³-hybridized carbons (Fsp3) is 0.261. The highest BCUT2D eigenvalue weighted by atomic mass is 32.1. The van der Waals surface area contributed by atoms with Crippen molar-refractivity contribution in [1.82, 2.24) is 19.9 Å². The molecule has 4 rings (SSSR count). The number of aryl methyl sites for hydroxylation is 1. The summed E-state index contributed by atoms with van der Waals surface area (Å²) in [7, 11) is 0. The van der Waals surface area contributed by atoms with Crippen LogP contribution in [0.15, 0.2) is 60.2 Å². The van der Waals surface area contributed by atoms with Gasteiger partial charge >= 0.3 is 6.18 Å². The number of benzene rings is 2. The molecule has 2 N–H and O–H groups in total. The predicted octanol–water partition coefficient (Wildman–Crippen LogP) is 4.31. The average molecular weight is 475 g/mol. The molecular formula is C23H21F3N4O2S. The first kappa shape index (κ1) is 22.9. The number of carbonyl (C=O) groups excluding carboxylic acids is 1. The second-order valence-electron chi connectivity index (χ2n) is 7.78. The number of para-hydroxylation sites is 2. The highest BCUT2D eigenvalue weighted by Gasteiger charge is 2.58. The Labute approximate surface area is 191 Å². The van der Waals surface area contributed by atoms with Crippen LogP contribution in [0.5, 0.6) is 0 Å². The summed E-state index contributed by atoms with van der Waals surface area (Å²) in [5.74, 6) is -0.920. The lowest BCUT2D eigenvalue weighted by atomic mass is 9.99. The van der Waals surface area contributed by atoms with Gasteiger partial charge in [0.05, 0.1) is 23.8 Å². The zero-order valence-corrected chi connectivity index (χ0v) is 18.5. The van der Waals surface area contributed by atoms with Gasteiger partial charge in [-0.3, -0.25) is 4.79 Å². The third-order valence-corrected chi connectivity index (χ3v) is 6.36. The molecule has 0 spiro atoms. The van der Waals surface area contributed by atoms with Gasteiger partial charge in [-0.2, -0.15) is 13.2 Å². The van der Waals surface area contributed by atoms with Gasteiger partial charge in [0, 0.05) is 24.2 Å². The second-order valence-corrected chi connectivity index (χ2v) is 8.64. The minimum absolute atomic E-state index is 0.0396. The van der Waals surface area contributed by atoms with Crippen molar-refractivity contribution in [3.8, 4) is 0 Å². The third kappa shape index (κ3) is 4.91. The highest BCUT2D eigenvalue weighted by Crippen LogP contribution is 2.42. The van der Waals surface area contributed by atoms with Crippen molar-refractivity contribution >= 4 is 28.3 Å². The standard InChI is InChI=1S/C23H21F3N4O2S/c1-15-13-33-21(29-15)22(32,23(24,25)26)10-20(31)27-11-16-6-8-17(9-7-16)12-30-14-28-18-4-2-3-5-19(18)30/h2-9,13-14,32H,10-12H2,1H3,(H,27,31). The molecule has 0 radical (unpaired) electrons. The Morgan fingerprint density at radius 1 is 1.12 bits per heavy atom. The van der Waals surface area contributed by atoms with Gasteiger partial charge in [0.2, 0.25) is 11.5 Å². The summed E-state index contributed by atoms with van der Waals surface area (Å²) >= 11 is 0.676. The van der Waals surface area contributed by atoms with E-state index < -0.39 is 29.1 Å². The number of aromatic nitrogens is 3. The molecule has 0 saturated heterocycles. The van der Waals surface area contributed by atoms with Crippen molar-refractivity contribution in [3.63, 3.8) is 0 Å². The number of nitrogens with zero attached hydrogens (tertiary/aromatic N) is 3. The zero-order valence-electron chi connectivity index (χ0n) is 17.6. The summed E-state index contributed by atoms with van der Waals surface area (Å²) in [4.78, 5) is 20.4. The smallest absolute Gasteiger partial charge is 0.374 e. The zero-order chi connectivity index (χ0) is 23.6. The molecule has 172 valence electrons. The van der Waals surface area contributed by atoms with Crippen LogP contribution in [0.25, 0.3) is 11.0 Å². The van der Waals surface area contributed by atoms with E-state index >= 15 is 0 Å². The summed E-state index contributed by atoms with van der Waals surface area (Å²) in [6, 6.07) is 15.2. The lowest BCUT2D eigenvalue weighted by Crippen LogP contribution is -2.46. The van der Waals surface area contributed by atoms with E-state index in [0.29, 0.717) is 23.6 Å². The van der Waals surface area contributed by atoms with Crippen molar-refractivity contribution in [3.05, 3.63) is 82.1 Å². The fourth-order valence-corrected chi connectivity index (χ4v) is 4.35. The topological polar surface area (TPSA) is 80.0 Å². The first-order valence-corrected chi connectivity index (χ1v) is 11.0. The van der Waals surface area contributed by atoms with E-state index in [2.05, 4.69) is 15.3 Å². The summed E-state index contributed by atoms with van der Waals surface area (Å²) < 4.78 is 42.7. The largest absolute Gasteiger partial charge is 0.424 e. The molecule has 4 aromatic rings. The van der Waals surface area contributed by atoms with Gasteiger partial charge in [-0.05, 0) is 30.2 Å². The minimum atomic E-state index is -5.03. The van der Waals surface area contributed by atoms with Gasteiger partial charge < -0.3 is 15.0 Å². The molecule has 6 nitrogen and oxygen atoms in total. The number of aliphatic hydroxyl groups is 1. The number of hydrogen-bond acceptors (Lipinski definition) is 5. The maximum Gasteiger partial charge on any atom is 0.424 e. The average Bonchev–Trinajstić information content (AvgIpc) is 3.39. The molecule has 0 saturated carbocycles. The Bertz CT molecular complexity index is 1270. The number of hydrogen-bond donors (Lipinski definition) is 2. The van der Waals surface area contributed by atoms with Crippen LogP contribution in [0.4, 0.5) is 13.2 Å². The Hall–Kier alpha value is -3.24. The molecule has 33 heavy (non-hydrogen) atoms. The number of rotatable bonds is 7. The maximum atomic E-state index is 13.6. The predicted molar refractivity (Wildman–Crippen MR) is 119 cm³/mol. The van der Waals surface area contributed by atoms with E-state index in [1.54, 1.807) is 18.5 Å². The summed E-state index contributed by atoms with van der Waals surface area (Å²) in [5.41, 5.74) is 0.682. The van der Waals surface area contributed by atoms with Gasteiger partial charge in [-0.1, -0.05) is 36.4 Å². The first-order valence-electron chi connectivity index (χ1n) is 10.1. The van der Waals surface area contributed by atoms with E-state index in [0.717, 1.165) is 22.2 Å². The summed E-state index contributed by atoms with van der Waals surface area (Å²) in [6.45, 7) is 2.17. The lowest BCUT2D eigenvalue weighted by molar-refractivity contribution is -0.267. The monoisotopic (exact) mass is 474 g/mol. The number of carbonyl (C=O) groups is 1. The molecule has 2 aromatic carbocycles. The number of nitrogens with one attached hydrogen (secondary N) is 1. The Balaban J connectivity index is 1.38. The van der Waals surface area contributed by atoms with E-state index in [9.17, 15) is 23.1 Å². The number of alkyl halides is 3. The Morgan fingerprint density at radius 3 is 2.48 bits per heavy atom. The summed E-state index contributed by atoms with van der Waals surface area (Å²) in [6.07, 6.45) is -4.42. The van der Waals surface area contributed by atoms with Gasteiger partial charge in [-0.15, -0.1) is 11.3 Å². The molecule has 10 heteroatoms. The number of thiazole rings is 1. The molecular weight excluding hydrogens is 453 g/mol. The van der Waals surface area contributed by atoms with Crippen molar-refractivity contribution in [1.29, 1.82) is 0 Å². The van der Waals surface area contributed by atoms with Crippen LogP contribution < -0.4 is 5.32 Å². The molecule has 0 bridgehead atoms. The molecule has 1 amide bonds. The molecule has 1 atom stereocenters. The SMILES string of the molecule is Cc1csc(C(O)(CC(=O)NCc2ccc(Cn3cnc4ccccc43)cc2)C(F)(F)F)n1. The van der Waals surface area contributed by atoms with Crippen LogP contribution >= 0.6 is 11.3 Å². The minimum Gasteiger partial charge on any atom is -0.374 e. The van der Waals surface area contributed by atoms with Gasteiger partial charge in [0.15, 0.2) is 0 Å². The fourth-order valence-electron chi connectivity index (χ4n) is 3.43. The van der Waals surface area contributed by atoms with Gasteiger partial charge in [0.25, 0.3) is 0 Å². The van der Waals surface area contributed by atoms with E-state index in [1.165, 1.54) is 12.3 Å². The van der Waals surface area contributed by atoms with Crippen LogP contribution in [0.1, 0.15) is 28.2 Å². The maximum absolute atomic E-state index is 13.6. The van der Waals surface area contributed by atoms with Crippen molar-refractivity contribution < 1.29 is 23.1 Å². The number of fused-ring (bicyclic) bond motifs is 1. The van der Waals surface area contributed by atoms with E-state index in [-0.39, 0.29) is 6.54 Å². The number of amides is 1. The van der Waals surface area contributed by atoms with Crippen molar-refractivity contribution in [2.75, 3.05) is 0 Å². The van der Waals surface area contributed by atoms with E-state index in [4.69, 9.17) is 0 Å². The molecule has 1 unspecified atom stereocenters. The molecule has 0 aliphatic rings. The Kier molecular flexibility index (Phi) is 6.22. The second kappa shape index (κ2) is 8.95. The Morgan fingerprint density at radius 2 is 1.82 bits per heavy atom. The van der Waals surface area contributed by atoms with E-state index in [1.807, 2.05) is 41.0 Å². The van der Waals surface area contributed by atoms with Gasteiger partial charge in [-0.25, -0.2) is 9.97 Å². The van der Waals surface area contributed by atoms with Crippen molar-refractivity contribution in [2.24, 2.45) is 0 Å². The van der Waals surface area contributed by atoms with Crippen LogP contribution in [0, 0.1) is 6.92 Å². The molecule has 0 aliphatic heterocycles. The summed E-state index contributed by atoms with van der Waals surface area (Å²) in [5, 5.41) is 13.6.